The second-order valence-corrected chi connectivity index (χ2v) is 9.40. The fraction of sp³-hybridized carbons (Fsp3) is 0.684. The standard InChI is InChI=1S/C19H29P/c1-15-7-5-9-17(15)13-20(19-11-3-4-12-19)14-18-10-6-8-16(18)2/h5,8-9,11,15,17-18H,3-4,6-7,10,12-14H2,1-2H3/t15-,17-,18+,20?/m1/s1. The molecular formula is C19H29P. The fourth-order valence-corrected chi connectivity index (χ4v) is 7.46. The summed E-state index contributed by atoms with van der Waals surface area (Å²) < 4.78 is 0. The van der Waals surface area contributed by atoms with Crippen LogP contribution in [-0.2, 0) is 0 Å². The van der Waals surface area contributed by atoms with Gasteiger partial charge in [-0.3, -0.25) is 0 Å². The van der Waals surface area contributed by atoms with Crippen molar-refractivity contribution in [1.82, 2.24) is 0 Å². The summed E-state index contributed by atoms with van der Waals surface area (Å²) in [5.74, 6) is 2.67. The Morgan fingerprint density at radius 2 is 2.10 bits per heavy atom. The highest BCUT2D eigenvalue weighted by Gasteiger charge is 2.28. The van der Waals surface area contributed by atoms with Crippen LogP contribution in [0.4, 0.5) is 0 Å². The Kier molecular flexibility index (Phi) is 4.82. The maximum atomic E-state index is 2.60. The van der Waals surface area contributed by atoms with Crippen molar-refractivity contribution in [2.24, 2.45) is 17.8 Å². The van der Waals surface area contributed by atoms with E-state index in [1.807, 2.05) is 5.31 Å². The highest BCUT2D eigenvalue weighted by atomic mass is 31.1. The second-order valence-electron chi connectivity index (χ2n) is 7.02. The molecular weight excluding hydrogens is 259 g/mol. The van der Waals surface area contributed by atoms with Crippen molar-refractivity contribution in [2.75, 3.05) is 12.3 Å². The minimum absolute atomic E-state index is 0.132. The van der Waals surface area contributed by atoms with E-state index in [0.717, 1.165) is 17.8 Å². The van der Waals surface area contributed by atoms with Crippen molar-refractivity contribution in [1.29, 1.82) is 0 Å². The largest absolute Gasteiger partial charge is 0.0879 e. The van der Waals surface area contributed by atoms with Gasteiger partial charge in [0.25, 0.3) is 0 Å². The minimum Gasteiger partial charge on any atom is -0.0879 e. The van der Waals surface area contributed by atoms with Gasteiger partial charge in [-0.25, -0.2) is 0 Å². The van der Waals surface area contributed by atoms with Crippen molar-refractivity contribution in [3.8, 4) is 0 Å². The molecule has 0 saturated carbocycles. The molecule has 3 aliphatic rings. The molecule has 0 radical (unpaired) electrons. The first-order chi connectivity index (χ1) is 9.74. The molecule has 0 N–H and O–H groups in total. The molecule has 0 heterocycles. The van der Waals surface area contributed by atoms with E-state index in [-0.39, 0.29) is 7.92 Å². The van der Waals surface area contributed by atoms with Crippen LogP contribution in [0.15, 0.2) is 35.2 Å². The van der Waals surface area contributed by atoms with E-state index in [9.17, 15) is 0 Å². The first-order valence-electron chi connectivity index (χ1n) is 8.51. The normalized spacial score (nSPS) is 34.4. The van der Waals surface area contributed by atoms with Crippen LogP contribution >= 0.6 is 7.92 Å². The van der Waals surface area contributed by atoms with Gasteiger partial charge in [0.1, 0.15) is 0 Å². The van der Waals surface area contributed by atoms with Crippen LogP contribution in [0.3, 0.4) is 0 Å². The Morgan fingerprint density at radius 3 is 2.70 bits per heavy atom. The van der Waals surface area contributed by atoms with E-state index in [4.69, 9.17) is 0 Å². The molecule has 0 aromatic rings. The van der Waals surface area contributed by atoms with Gasteiger partial charge in [-0.15, -0.1) is 0 Å². The monoisotopic (exact) mass is 288 g/mol. The second kappa shape index (κ2) is 6.61. The van der Waals surface area contributed by atoms with E-state index in [0.29, 0.717) is 0 Å². The van der Waals surface area contributed by atoms with Crippen molar-refractivity contribution >= 4 is 7.92 Å². The summed E-state index contributed by atoms with van der Waals surface area (Å²) in [5, 5.41) is 1.87. The number of allylic oxidation sites excluding steroid dienone is 6. The van der Waals surface area contributed by atoms with E-state index in [1.165, 1.54) is 50.8 Å². The molecule has 0 aromatic heterocycles. The zero-order valence-electron chi connectivity index (χ0n) is 13.1. The van der Waals surface area contributed by atoms with E-state index < -0.39 is 0 Å². The average molecular weight is 288 g/mol. The third-order valence-electron chi connectivity index (χ3n) is 5.54. The lowest BCUT2D eigenvalue weighted by Crippen LogP contribution is -2.12. The molecule has 0 bridgehead atoms. The number of hydrogen-bond acceptors (Lipinski definition) is 0. The van der Waals surface area contributed by atoms with Gasteiger partial charge in [0.15, 0.2) is 0 Å². The van der Waals surface area contributed by atoms with Crippen LogP contribution in [0, 0.1) is 17.8 Å². The molecule has 20 heavy (non-hydrogen) atoms. The molecule has 0 saturated heterocycles. The first kappa shape index (κ1) is 14.6. The van der Waals surface area contributed by atoms with Gasteiger partial charge in [0, 0.05) is 0 Å². The zero-order chi connectivity index (χ0) is 13.9. The first-order valence-corrected chi connectivity index (χ1v) is 10.2. The van der Waals surface area contributed by atoms with Crippen molar-refractivity contribution in [3.05, 3.63) is 35.2 Å². The molecule has 1 heteroatoms. The number of rotatable bonds is 5. The van der Waals surface area contributed by atoms with Gasteiger partial charge in [0.2, 0.25) is 0 Å². The summed E-state index contributed by atoms with van der Waals surface area (Å²) >= 11 is 0. The van der Waals surface area contributed by atoms with Gasteiger partial charge >= 0.3 is 0 Å². The van der Waals surface area contributed by atoms with Gasteiger partial charge in [-0.2, -0.15) is 0 Å². The Morgan fingerprint density at radius 1 is 1.20 bits per heavy atom. The molecule has 0 aromatic carbocycles. The minimum atomic E-state index is 0.132. The van der Waals surface area contributed by atoms with Gasteiger partial charge < -0.3 is 0 Å². The SMILES string of the molecule is CC1=CCC[C@H]1CP(C[C@H]1C=CC[C@H]1C)C1=CCCC1. The average Bonchev–Trinajstić information content (AvgIpc) is 3.14. The lowest BCUT2D eigenvalue weighted by atomic mass is 10.0. The molecule has 0 spiro atoms. The summed E-state index contributed by atoms with van der Waals surface area (Å²) in [6.45, 7) is 4.81. The van der Waals surface area contributed by atoms with E-state index >= 15 is 0 Å². The van der Waals surface area contributed by atoms with Crippen LogP contribution in [0.25, 0.3) is 0 Å². The molecule has 0 nitrogen and oxygen atoms in total. The Labute approximate surface area is 126 Å². The van der Waals surface area contributed by atoms with Crippen LogP contribution < -0.4 is 0 Å². The van der Waals surface area contributed by atoms with Crippen molar-refractivity contribution < 1.29 is 0 Å². The topological polar surface area (TPSA) is 0 Å². The van der Waals surface area contributed by atoms with E-state index in [1.54, 1.807) is 5.57 Å². The summed E-state index contributed by atoms with van der Waals surface area (Å²) in [6, 6.07) is 0. The predicted molar refractivity (Wildman–Crippen MR) is 91.5 cm³/mol. The maximum Gasteiger partial charge on any atom is -0.0161 e. The highest BCUT2D eigenvalue weighted by molar-refractivity contribution is 7.62. The predicted octanol–water partition coefficient (Wildman–Crippen LogP) is 6.10. The third-order valence-corrected chi connectivity index (χ3v) is 8.51. The Balaban J connectivity index is 1.67. The molecule has 0 fully saturated rings. The quantitative estimate of drug-likeness (QED) is 0.423. The summed E-state index contributed by atoms with van der Waals surface area (Å²) in [7, 11) is 0.132. The van der Waals surface area contributed by atoms with Crippen LogP contribution in [0.1, 0.15) is 52.4 Å². The van der Waals surface area contributed by atoms with Gasteiger partial charge in [-0.05, 0) is 80.8 Å². The third kappa shape index (κ3) is 3.28. The molecule has 3 rings (SSSR count). The summed E-state index contributed by atoms with van der Waals surface area (Å²) in [5.41, 5.74) is 1.69. The Bertz CT molecular complexity index is 425. The van der Waals surface area contributed by atoms with Crippen molar-refractivity contribution in [3.63, 3.8) is 0 Å². The molecule has 3 aliphatic carbocycles. The van der Waals surface area contributed by atoms with Gasteiger partial charge in [0.05, 0.1) is 0 Å². The molecule has 0 amide bonds. The smallest absolute Gasteiger partial charge is 0.0161 e. The molecule has 1 unspecified atom stereocenters. The molecule has 110 valence electrons. The van der Waals surface area contributed by atoms with Crippen LogP contribution in [0.2, 0.25) is 0 Å². The lowest BCUT2D eigenvalue weighted by Gasteiger charge is -2.27. The van der Waals surface area contributed by atoms with Crippen LogP contribution in [-0.4, -0.2) is 12.3 Å². The fourth-order valence-electron chi connectivity index (χ4n) is 3.99. The summed E-state index contributed by atoms with van der Waals surface area (Å²) in [4.78, 5) is 0. The van der Waals surface area contributed by atoms with Crippen molar-refractivity contribution in [2.45, 2.75) is 52.4 Å². The maximum absolute atomic E-state index is 2.60. The van der Waals surface area contributed by atoms with Crippen LogP contribution in [0.5, 0.6) is 0 Å². The summed E-state index contributed by atoms with van der Waals surface area (Å²) in [6.07, 6.45) is 21.2. The Hall–Kier alpha value is -0.350. The van der Waals surface area contributed by atoms with Gasteiger partial charge in [-0.1, -0.05) is 44.7 Å². The van der Waals surface area contributed by atoms with E-state index in [2.05, 4.69) is 38.2 Å². The lowest BCUT2D eigenvalue weighted by molar-refractivity contribution is 0.501. The zero-order valence-corrected chi connectivity index (χ0v) is 14.0. The number of hydrogen-bond donors (Lipinski definition) is 0. The molecule has 4 atom stereocenters. The molecule has 0 aliphatic heterocycles. The highest BCUT2D eigenvalue weighted by Crippen LogP contribution is 2.55.